The summed E-state index contributed by atoms with van der Waals surface area (Å²) in [5.41, 5.74) is 6.15. The molecule has 1 aromatic heterocycles. The van der Waals surface area contributed by atoms with E-state index in [-0.39, 0.29) is 0 Å². The second kappa shape index (κ2) is 4.21. The Bertz CT molecular complexity index is 505. The highest BCUT2D eigenvalue weighted by atomic mass is 79.9. The van der Waals surface area contributed by atoms with Crippen LogP contribution in [0.1, 0.15) is 5.56 Å². The van der Waals surface area contributed by atoms with Crippen LogP contribution in [0.2, 0.25) is 0 Å². The number of nitrogens with two attached hydrogens (primary N) is 1. The molecule has 0 spiro atoms. The van der Waals surface area contributed by atoms with E-state index in [4.69, 9.17) is 5.73 Å². The van der Waals surface area contributed by atoms with Crippen LogP contribution in [0.4, 0.5) is 14.6 Å². The first-order valence-corrected chi connectivity index (χ1v) is 5.28. The lowest BCUT2D eigenvalue weighted by molar-refractivity contribution is 0.506. The molecule has 0 saturated heterocycles. The largest absolute Gasteiger partial charge is 0.381 e. The van der Waals surface area contributed by atoms with Gasteiger partial charge in [-0.2, -0.15) is 5.10 Å². The van der Waals surface area contributed by atoms with Gasteiger partial charge in [0.1, 0.15) is 0 Å². The van der Waals surface area contributed by atoms with Crippen LogP contribution < -0.4 is 5.73 Å². The van der Waals surface area contributed by atoms with Gasteiger partial charge in [-0.25, -0.2) is 8.78 Å². The van der Waals surface area contributed by atoms with E-state index in [1.807, 2.05) is 0 Å². The first-order chi connectivity index (χ1) is 7.56. The predicted molar refractivity (Wildman–Crippen MR) is 59.8 cm³/mol. The van der Waals surface area contributed by atoms with Crippen molar-refractivity contribution in [3.05, 3.63) is 46.1 Å². The molecule has 2 rings (SSSR count). The van der Waals surface area contributed by atoms with Crippen LogP contribution in [-0.4, -0.2) is 9.78 Å². The molecule has 0 unspecified atom stereocenters. The van der Waals surface area contributed by atoms with Crippen LogP contribution in [0.15, 0.2) is 28.9 Å². The van der Waals surface area contributed by atoms with E-state index < -0.39 is 11.6 Å². The van der Waals surface area contributed by atoms with Crippen molar-refractivity contribution in [2.75, 3.05) is 5.73 Å². The predicted octanol–water partition coefficient (Wildman–Crippen LogP) is 2.55. The zero-order valence-corrected chi connectivity index (χ0v) is 9.71. The molecule has 0 bridgehead atoms. The van der Waals surface area contributed by atoms with E-state index in [0.717, 1.165) is 12.1 Å². The van der Waals surface area contributed by atoms with Gasteiger partial charge in [0.2, 0.25) is 0 Å². The number of nitrogens with zero attached hydrogens (tertiary/aromatic N) is 2. The lowest BCUT2D eigenvalue weighted by Crippen LogP contribution is -2.02. The highest BCUT2D eigenvalue weighted by Crippen LogP contribution is 2.17. The van der Waals surface area contributed by atoms with Crippen LogP contribution in [0.25, 0.3) is 0 Å². The summed E-state index contributed by atoms with van der Waals surface area (Å²) in [5.74, 6) is -1.36. The van der Waals surface area contributed by atoms with Gasteiger partial charge >= 0.3 is 0 Å². The number of hydrogen-bond donors (Lipinski definition) is 1. The number of anilines is 1. The second-order valence-electron chi connectivity index (χ2n) is 3.31. The first-order valence-electron chi connectivity index (χ1n) is 4.48. The highest BCUT2D eigenvalue weighted by molar-refractivity contribution is 9.10. The van der Waals surface area contributed by atoms with E-state index in [1.54, 1.807) is 10.9 Å². The third-order valence-corrected chi connectivity index (χ3v) is 2.68. The summed E-state index contributed by atoms with van der Waals surface area (Å²) >= 11 is 3.21. The standard InChI is InChI=1S/C10H8BrF2N3/c11-7-5-16(15-10(7)14)4-6-1-2-8(12)9(13)3-6/h1-3,5H,4H2,(H2,14,15). The molecule has 0 aliphatic carbocycles. The van der Waals surface area contributed by atoms with Gasteiger partial charge in [-0.05, 0) is 33.6 Å². The van der Waals surface area contributed by atoms with Gasteiger partial charge in [-0.1, -0.05) is 6.07 Å². The number of hydrogen-bond acceptors (Lipinski definition) is 2. The zero-order valence-electron chi connectivity index (χ0n) is 8.12. The zero-order chi connectivity index (χ0) is 11.7. The van der Waals surface area contributed by atoms with Crippen molar-refractivity contribution in [2.24, 2.45) is 0 Å². The molecule has 0 fully saturated rings. The molecule has 0 amide bonds. The minimum absolute atomic E-state index is 0.340. The molecule has 0 aliphatic rings. The van der Waals surface area contributed by atoms with Crippen molar-refractivity contribution in [2.45, 2.75) is 6.54 Å². The molecular formula is C10H8BrF2N3. The van der Waals surface area contributed by atoms with Gasteiger partial charge in [-0.15, -0.1) is 0 Å². The summed E-state index contributed by atoms with van der Waals surface area (Å²) < 4.78 is 27.8. The monoisotopic (exact) mass is 287 g/mol. The van der Waals surface area contributed by atoms with Crippen LogP contribution in [0, 0.1) is 11.6 Å². The first kappa shape index (κ1) is 11.1. The Hall–Kier alpha value is -1.43. The lowest BCUT2D eigenvalue weighted by atomic mass is 10.2. The summed E-state index contributed by atoms with van der Waals surface area (Å²) in [6, 6.07) is 3.73. The Labute approximate surface area is 99.0 Å². The van der Waals surface area contributed by atoms with Crippen molar-refractivity contribution in [3.63, 3.8) is 0 Å². The average molecular weight is 288 g/mol. The SMILES string of the molecule is Nc1nn(Cc2ccc(F)c(F)c2)cc1Br. The fourth-order valence-electron chi connectivity index (χ4n) is 1.32. The van der Waals surface area contributed by atoms with Crippen molar-refractivity contribution in [3.8, 4) is 0 Å². The smallest absolute Gasteiger partial charge is 0.159 e. The Morgan fingerprint density at radius 1 is 1.31 bits per heavy atom. The Morgan fingerprint density at radius 3 is 2.62 bits per heavy atom. The number of benzene rings is 1. The molecule has 1 aromatic carbocycles. The quantitative estimate of drug-likeness (QED) is 0.923. The van der Waals surface area contributed by atoms with Crippen LogP contribution in [-0.2, 0) is 6.54 Å². The van der Waals surface area contributed by atoms with Crippen molar-refractivity contribution in [1.29, 1.82) is 0 Å². The van der Waals surface area contributed by atoms with Crippen molar-refractivity contribution < 1.29 is 8.78 Å². The van der Waals surface area contributed by atoms with Gasteiger partial charge in [-0.3, -0.25) is 4.68 Å². The minimum Gasteiger partial charge on any atom is -0.381 e. The summed E-state index contributed by atoms with van der Waals surface area (Å²) in [5, 5.41) is 3.99. The van der Waals surface area contributed by atoms with E-state index in [9.17, 15) is 8.78 Å². The maximum absolute atomic E-state index is 12.9. The fraction of sp³-hybridized carbons (Fsp3) is 0.100. The average Bonchev–Trinajstić information content (AvgIpc) is 2.52. The molecule has 0 saturated carbocycles. The number of aromatic nitrogens is 2. The van der Waals surface area contributed by atoms with E-state index in [1.165, 1.54) is 6.07 Å². The Morgan fingerprint density at radius 2 is 2.06 bits per heavy atom. The molecule has 16 heavy (non-hydrogen) atoms. The van der Waals surface area contributed by atoms with E-state index in [0.29, 0.717) is 22.4 Å². The fourth-order valence-corrected chi connectivity index (χ4v) is 1.63. The number of nitrogen functional groups attached to an aromatic ring is 1. The van der Waals surface area contributed by atoms with Gasteiger partial charge in [0, 0.05) is 6.20 Å². The maximum Gasteiger partial charge on any atom is 0.159 e. The number of halogens is 3. The third-order valence-electron chi connectivity index (χ3n) is 2.07. The maximum atomic E-state index is 12.9. The summed E-state index contributed by atoms with van der Waals surface area (Å²) in [7, 11) is 0. The van der Waals surface area contributed by atoms with Gasteiger partial charge in [0.05, 0.1) is 11.0 Å². The molecule has 2 aromatic rings. The topological polar surface area (TPSA) is 43.8 Å². The molecule has 6 heteroatoms. The van der Waals surface area contributed by atoms with Gasteiger partial charge in [0.25, 0.3) is 0 Å². The molecule has 0 aliphatic heterocycles. The van der Waals surface area contributed by atoms with Gasteiger partial charge < -0.3 is 5.73 Å². The molecule has 1 heterocycles. The van der Waals surface area contributed by atoms with Crippen LogP contribution in [0.5, 0.6) is 0 Å². The highest BCUT2D eigenvalue weighted by Gasteiger charge is 2.05. The van der Waals surface area contributed by atoms with Crippen LogP contribution >= 0.6 is 15.9 Å². The minimum atomic E-state index is -0.864. The lowest BCUT2D eigenvalue weighted by Gasteiger charge is -2.02. The molecule has 0 atom stereocenters. The third kappa shape index (κ3) is 2.21. The van der Waals surface area contributed by atoms with Crippen molar-refractivity contribution in [1.82, 2.24) is 9.78 Å². The molecule has 84 valence electrons. The van der Waals surface area contributed by atoms with E-state index >= 15 is 0 Å². The number of rotatable bonds is 2. The van der Waals surface area contributed by atoms with E-state index in [2.05, 4.69) is 21.0 Å². The van der Waals surface area contributed by atoms with Crippen molar-refractivity contribution >= 4 is 21.7 Å². The molecular weight excluding hydrogens is 280 g/mol. The Balaban J connectivity index is 2.23. The van der Waals surface area contributed by atoms with Crippen LogP contribution in [0.3, 0.4) is 0 Å². The summed E-state index contributed by atoms with van der Waals surface area (Å²) in [6.07, 6.45) is 1.68. The molecule has 0 radical (unpaired) electrons. The summed E-state index contributed by atoms with van der Waals surface area (Å²) in [6.45, 7) is 0.340. The second-order valence-corrected chi connectivity index (χ2v) is 4.16. The van der Waals surface area contributed by atoms with Gasteiger partial charge in [0.15, 0.2) is 17.5 Å². The molecule has 3 nitrogen and oxygen atoms in total. The molecule has 2 N–H and O–H groups in total. The normalized spacial score (nSPS) is 10.7. The Kier molecular flexibility index (Phi) is 2.91. The summed E-state index contributed by atoms with van der Waals surface area (Å²) in [4.78, 5) is 0.